The van der Waals surface area contributed by atoms with E-state index < -0.39 is 0 Å². The molecule has 0 aromatic heterocycles. The Bertz CT molecular complexity index is 326. The summed E-state index contributed by atoms with van der Waals surface area (Å²) < 4.78 is 9.88. The molecule has 0 atom stereocenters. The van der Waals surface area contributed by atoms with Gasteiger partial charge in [0, 0.05) is 6.07 Å². The van der Waals surface area contributed by atoms with Crippen molar-refractivity contribution in [1.29, 1.82) is 0 Å². The van der Waals surface area contributed by atoms with Crippen molar-refractivity contribution in [3.05, 3.63) is 16.1 Å². The number of rotatable bonds is 2. The summed E-state index contributed by atoms with van der Waals surface area (Å²) in [7, 11) is 2.89. The van der Waals surface area contributed by atoms with Gasteiger partial charge < -0.3 is 14.6 Å². The molecule has 3 nitrogen and oxygen atoms in total. The van der Waals surface area contributed by atoms with Gasteiger partial charge in [0.05, 0.1) is 14.2 Å². The Balaban J connectivity index is 3.39. The summed E-state index contributed by atoms with van der Waals surface area (Å²) in [5.74, 6) is 0.519. The molecule has 1 rings (SSSR count). The predicted octanol–water partition coefficient (Wildman–Crippen LogP) is 2.72. The van der Waals surface area contributed by atoms with Crippen LogP contribution in [0, 0.1) is 0 Å². The molecule has 1 N–H and O–H groups in total. The maximum absolute atomic E-state index is 9.28. The van der Waals surface area contributed by atoms with Crippen molar-refractivity contribution in [3.63, 3.8) is 0 Å². The molecule has 0 radical (unpaired) electrons. The molecule has 0 bridgehead atoms. The number of methoxy groups -OCH3 is 2. The second-order valence-electron chi connectivity index (χ2n) is 2.26. The van der Waals surface area contributed by atoms with Crippen LogP contribution in [-0.2, 0) is 0 Å². The summed E-state index contributed by atoms with van der Waals surface area (Å²) >= 11 is 11.5. The third kappa shape index (κ3) is 1.76. The van der Waals surface area contributed by atoms with E-state index in [2.05, 4.69) is 0 Å². The summed E-state index contributed by atoms with van der Waals surface area (Å²) in [6.45, 7) is 0. The van der Waals surface area contributed by atoms with E-state index in [9.17, 15) is 5.11 Å². The van der Waals surface area contributed by atoms with Crippen molar-refractivity contribution in [3.8, 4) is 17.2 Å². The molecule has 72 valence electrons. The molecule has 0 spiro atoms. The number of halogens is 2. The molecule has 13 heavy (non-hydrogen) atoms. The number of phenols is 1. The van der Waals surface area contributed by atoms with Crippen molar-refractivity contribution in [2.24, 2.45) is 0 Å². The largest absolute Gasteiger partial charge is 0.506 e. The lowest BCUT2D eigenvalue weighted by atomic mass is 10.3. The predicted molar refractivity (Wildman–Crippen MR) is 51.2 cm³/mol. The molecule has 0 heterocycles. The first-order valence-electron chi connectivity index (χ1n) is 3.40. The molecule has 1 aromatic rings. The highest BCUT2D eigenvalue weighted by Gasteiger charge is 2.16. The fourth-order valence-electron chi connectivity index (χ4n) is 0.915. The molecule has 0 aliphatic heterocycles. The maximum Gasteiger partial charge on any atom is 0.181 e. The van der Waals surface area contributed by atoms with Gasteiger partial charge in [0.15, 0.2) is 11.5 Å². The normalized spacial score (nSPS) is 9.85. The van der Waals surface area contributed by atoms with Crippen LogP contribution in [0.1, 0.15) is 0 Å². The molecule has 0 unspecified atom stereocenters. The zero-order valence-corrected chi connectivity index (χ0v) is 8.61. The van der Waals surface area contributed by atoms with Gasteiger partial charge in [-0.3, -0.25) is 0 Å². The Kier molecular flexibility index (Phi) is 3.12. The molecule has 0 amide bonds. The van der Waals surface area contributed by atoms with E-state index in [1.165, 1.54) is 20.3 Å². The van der Waals surface area contributed by atoms with Crippen molar-refractivity contribution in [1.82, 2.24) is 0 Å². The summed E-state index contributed by atoms with van der Waals surface area (Å²) in [5.41, 5.74) is 0. The molecule has 5 heteroatoms. The lowest BCUT2D eigenvalue weighted by Gasteiger charge is -2.10. The minimum Gasteiger partial charge on any atom is -0.506 e. The highest BCUT2D eigenvalue weighted by Crippen LogP contribution is 2.44. The van der Waals surface area contributed by atoms with Crippen LogP contribution in [0.3, 0.4) is 0 Å². The highest BCUT2D eigenvalue weighted by molar-refractivity contribution is 6.44. The van der Waals surface area contributed by atoms with Gasteiger partial charge in [0.2, 0.25) is 0 Å². The number of hydrogen-bond donors (Lipinski definition) is 1. The van der Waals surface area contributed by atoms with Crippen LogP contribution in [0.5, 0.6) is 17.2 Å². The van der Waals surface area contributed by atoms with Crippen molar-refractivity contribution in [2.45, 2.75) is 0 Å². The van der Waals surface area contributed by atoms with E-state index in [1.807, 2.05) is 0 Å². The van der Waals surface area contributed by atoms with E-state index in [4.69, 9.17) is 32.7 Å². The van der Waals surface area contributed by atoms with Crippen LogP contribution >= 0.6 is 23.2 Å². The number of benzene rings is 1. The minimum absolute atomic E-state index is 0.0549. The topological polar surface area (TPSA) is 38.7 Å². The first-order valence-corrected chi connectivity index (χ1v) is 4.16. The fraction of sp³-hybridized carbons (Fsp3) is 0.250. The van der Waals surface area contributed by atoms with E-state index in [0.29, 0.717) is 11.5 Å². The fourth-order valence-corrected chi connectivity index (χ4v) is 1.32. The molecule has 0 saturated heterocycles. The summed E-state index contributed by atoms with van der Waals surface area (Å²) in [6.07, 6.45) is 0. The summed E-state index contributed by atoms with van der Waals surface area (Å²) in [5, 5.41) is 9.47. The monoisotopic (exact) mass is 222 g/mol. The number of hydrogen-bond acceptors (Lipinski definition) is 3. The van der Waals surface area contributed by atoms with E-state index in [0.717, 1.165) is 0 Å². The van der Waals surface area contributed by atoms with Crippen LogP contribution in [0.4, 0.5) is 0 Å². The third-order valence-electron chi connectivity index (χ3n) is 1.53. The van der Waals surface area contributed by atoms with Crippen molar-refractivity contribution in [2.75, 3.05) is 14.2 Å². The average Bonchev–Trinajstić information content (AvgIpc) is 2.13. The Morgan fingerprint density at radius 1 is 1.15 bits per heavy atom. The molecule has 0 saturated carbocycles. The van der Waals surface area contributed by atoms with Gasteiger partial charge in [-0.1, -0.05) is 23.2 Å². The smallest absolute Gasteiger partial charge is 0.181 e. The van der Waals surface area contributed by atoms with E-state index in [-0.39, 0.29) is 15.8 Å². The van der Waals surface area contributed by atoms with Gasteiger partial charge >= 0.3 is 0 Å². The average molecular weight is 223 g/mol. The van der Waals surface area contributed by atoms with Crippen molar-refractivity contribution < 1.29 is 14.6 Å². The molecule has 1 aromatic carbocycles. The maximum atomic E-state index is 9.28. The second kappa shape index (κ2) is 3.94. The van der Waals surface area contributed by atoms with Gasteiger partial charge in [-0.05, 0) is 0 Å². The second-order valence-corrected chi connectivity index (χ2v) is 3.02. The van der Waals surface area contributed by atoms with Gasteiger partial charge in [-0.2, -0.15) is 0 Å². The Morgan fingerprint density at radius 3 is 2.23 bits per heavy atom. The Labute approximate surface area is 85.8 Å². The molecule has 0 fully saturated rings. The number of phenolic OH excluding ortho intramolecular Hbond substituents is 1. The molecular weight excluding hydrogens is 215 g/mol. The van der Waals surface area contributed by atoms with Gasteiger partial charge in [0.1, 0.15) is 15.8 Å². The van der Waals surface area contributed by atoms with Crippen molar-refractivity contribution >= 4 is 23.2 Å². The first-order chi connectivity index (χ1) is 6.11. The first kappa shape index (κ1) is 10.3. The van der Waals surface area contributed by atoms with E-state index >= 15 is 0 Å². The van der Waals surface area contributed by atoms with Gasteiger partial charge in [-0.25, -0.2) is 0 Å². The van der Waals surface area contributed by atoms with Crippen LogP contribution < -0.4 is 9.47 Å². The van der Waals surface area contributed by atoms with Crippen LogP contribution in [0.15, 0.2) is 6.07 Å². The summed E-state index contributed by atoms with van der Waals surface area (Å²) in [6, 6.07) is 1.34. The lowest BCUT2D eigenvalue weighted by Crippen LogP contribution is -1.91. The standard InChI is InChI=1S/C8H8Cl2O3/c1-12-5-3-4(11)6(9)7(10)8(5)13-2/h3,11H,1-2H3. The minimum atomic E-state index is -0.135. The number of ether oxygens (including phenoxy) is 2. The van der Waals surface area contributed by atoms with Gasteiger partial charge in [-0.15, -0.1) is 0 Å². The number of aromatic hydroxyl groups is 1. The molecule has 0 aliphatic rings. The zero-order chi connectivity index (χ0) is 10.0. The third-order valence-corrected chi connectivity index (χ3v) is 2.37. The lowest BCUT2D eigenvalue weighted by molar-refractivity contribution is 0.351. The van der Waals surface area contributed by atoms with Crippen LogP contribution in [0.25, 0.3) is 0 Å². The van der Waals surface area contributed by atoms with Crippen LogP contribution in [0.2, 0.25) is 10.0 Å². The highest BCUT2D eigenvalue weighted by atomic mass is 35.5. The zero-order valence-electron chi connectivity index (χ0n) is 7.10. The SMILES string of the molecule is COc1cc(O)c(Cl)c(Cl)c1OC. The Hall–Kier alpha value is -0.800. The molecular formula is C8H8Cl2O3. The van der Waals surface area contributed by atoms with E-state index in [1.54, 1.807) is 0 Å². The molecule has 0 aliphatic carbocycles. The Morgan fingerprint density at radius 2 is 1.77 bits per heavy atom. The van der Waals surface area contributed by atoms with Crippen LogP contribution in [-0.4, -0.2) is 19.3 Å². The quantitative estimate of drug-likeness (QED) is 0.837. The van der Waals surface area contributed by atoms with Gasteiger partial charge in [0.25, 0.3) is 0 Å². The summed E-state index contributed by atoms with van der Waals surface area (Å²) in [4.78, 5) is 0.